The molecule has 1 rings (SSSR count). The van der Waals surface area contributed by atoms with Crippen LogP contribution in [0.2, 0.25) is 0 Å². The summed E-state index contributed by atoms with van der Waals surface area (Å²) in [4.78, 5) is 0. The first kappa shape index (κ1) is 9.14. The Labute approximate surface area is 77.6 Å². The molecule has 64 valence electrons. The maximum Gasteiger partial charge on any atom is 0.126 e. The van der Waals surface area contributed by atoms with Crippen LogP contribution in [0, 0.1) is 0 Å². The van der Waals surface area contributed by atoms with Gasteiger partial charge in [-0.25, -0.2) is 0 Å². The van der Waals surface area contributed by atoms with E-state index in [1.807, 2.05) is 24.3 Å². The van der Waals surface area contributed by atoms with Crippen molar-refractivity contribution in [3.63, 3.8) is 0 Å². The minimum Gasteiger partial charge on any atom is -0.496 e. The van der Waals surface area contributed by atoms with E-state index in [0.29, 0.717) is 5.88 Å². The van der Waals surface area contributed by atoms with Crippen LogP contribution in [-0.2, 0) is 0 Å². The van der Waals surface area contributed by atoms with Crippen molar-refractivity contribution in [1.82, 2.24) is 0 Å². The Kier molecular flexibility index (Phi) is 3.18. The molecule has 0 atom stereocenters. The second-order valence-electron chi connectivity index (χ2n) is 2.44. The standard InChI is InChI=1S/C10H11ClO/c1-8(7-11)9-5-3-4-6-10(9)12-2/h3-6H,1,7H2,2H3. The van der Waals surface area contributed by atoms with Gasteiger partial charge in [-0.3, -0.25) is 0 Å². The highest BCUT2D eigenvalue weighted by Gasteiger charge is 2.03. The zero-order valence-electron chi connectivity index (χ0n) is 7.01. The lowest BCUT2D eigenvalue weighted by Gasteiger charge is -2.07. The normalized spacial score (nSPS) is 9.50. The van der Waals surface area contributed by atoms with Crippen LogP contribution >= 0.6 is 11.6 Å². The second-order valence-corrected chi connectivity index (χ2v) is 2.70. The summed E-state index contributed by atoms with van der Waals surface area (Å²) in [6, 6.07) is 7.70. The molecular weight excluding hydrogens is 172 g/mol. The van der Waals surface area contributed by atoms with E-state index < -0.39 is 0 Å². The Balaban J connectivity index is 3.04. The van der Waals surface area contributed by atoms with Gasteiger partial charge in [0.15, 0.2) is 0 Å². The number of ether oxygens (including phenoxy) is 1. The highest BCUT2D eigenvalue weighted by Crippen LogP contribution is 2.24. The van der Waals surface area contributed by atoms with Gasteiger partial charge in [0.25, 0.3) is 0 Å². The number of methoxy groups -OCH3 is 1. The number of hydrogen-bond acceptors (Lipinski definition) is 1. The Bertz CT molecular complexity index is 281. The maximum atomic E-state index is 5.66. The fourth-order valence-corrected chi connectivity index (χ4v) is 1.15. The van der Waals surface area contributed by atoms with E-state index in [4.69, 9.17) is 16.3 Å². The Hall–Kier alpha value is -0.950. The molecule has 0 amide bonds. The topological polar surface area (TPSA) is 9.23 Å². The zero-order valence-corrected chi connectivity index (χ0v) is 7.77. The number of allylic oxidation sites excluding steroid dienone is 1. The van der Waals surface area contributed by atoms with Crippen LogP contribution in [0.15, 0.2) is 30.8 Å². The highest BCUT2D eigenvalue weighted by atomic mass is 35.5. The van der Waals surface area contributed by atoms with Gasteiger partial charge in [-0.1, -0.05) is 24.8 Å². The molecule has 0 aromatic heterocycles. The monoisotopic (exact) mass is 182 g/mol. The summed E-state index contributed by atoms with van der Waals surface area (Å²) in [5, 5.41) is 0. The number of halogens is 1. The van der Waals surface area contributed by atoms with Crippen LogP contribution < -0.4 is 4.74 Å². The number of hydrogen-bond donors (Lipinski definition) is 0. The van der Waals surface area contributed by atoms with E-state index in [1.54, 1.807) is 7.11 Å². The quantitative estimate of drug-likeness (QED) is 0.654. The number of alkyl halides is 1. The summed E-state index contributed by atoms with van der Waals surface area (Å²) in [5.41, 5.74) is 1.86. The van der Waals surface area contributed by atoms with Crippen LogP contribution in [0.4, 0.5) is 0 Å². The van der Waals surface area contributed by atoms with Crippen LogP contribution in [0.5, 0.6) is 5.75 Å². The van der Waals surface area contributed by atoms with E-state index in [9.17, 15) is 0 Å². The van der Waals surface area contributed by atoms with Crippen molar-refractivity contribution in [3.8, 4) is 5.75 Å². The van der Waals surface area contributed by atoms with Gasteiger partial charge in [-0.05, 0) is 11.6 Å². The number of rotatable bonds is 3. The molecule has 0 bridgehead atoms. The molecule has 0 radical (unpaired) electrons. The third-order valence-corrected chi connectivity index (χ3v) is 1.97. The van der Waals surface area contributed by atoms with E-state index >= 15 is 0 Å². The first-order chi connectivity index (χ1) is 5.79. The van der Waals surface area contributed by atoms with Gasteiger partial charge in [0.1, 0.15) is 5.75 Å². The molecule has 0 saturated carbocycles. The second kappa shape index (κ2) is 4.17. The lowest BCUT2D eigenvalue weighted by atomic mass is 10.1. The van der Waals surface area contributed by atoms with Crippen LogP contribution in [0.1, 0.15) is 5.56 Å². The molecule has 0 aliphatic carbocycles. The first-order valence-corrected chi connectivity index (χ1v) is 4.20. The lowest BCUT2D eigenvalue weighted by Crippen LogP contribution is -1.90. The smallest absolute Gasteiger partial charge is 0.126 e. The maximum absolute atomic E-state index is 5.66. The predicted octanol–water partition coefficient (Wildman–Crippen LogP) is 2.95. The molecular formula is C10H11ClO. The Morgan fingerprint density at radius 1 is 1.50 bits per heavy atom. The zero-order chi connectivity index (χ0) is 8.97. The fraction of sp³-hybridized carbons (Fsp3) is 0.200. The van der Waals surface area contributed by atoms with Crippen molar-refractivity contribution in [2.45, 2.75) is 0 Å². The molecule has 0 N–H and O–H groups in total. The molecule has 2 heteroatoms. The van der Waals surface area contributed by atoms with Gasteiger partial charge in [-0.15, -0.1) is 11.6 Å². The molecule has 0 aliphatic heterocycles. The summed E-state index contributed by atoms with van der Waals surface area (Å²) in [5.74, 6) is 1.25. The molecule has 0 unspecified atom stereocenters. The molecule has 1 nitrogen and oxygen atoms in total. The van der Waals surface area contributed by atoms with Crippen molar-refractivity contribution < 1.29 is 4.74 Å². The van der Waals surface area contributed by atoms with Gasteiger partial charge in [0, 0.05) is 11.4 Å². The largest absolute Gasteiger partial charge is 0.496 e. The van der Waals surface area contributed by atoms with Crippen LogP contribution in [0.25, 0.3) is 5.57 Å². The molecule has 0 saturated heterocycles. The van der Waals surface area contributed by atoms with E-state index in [2.05, 4.69) is 6.58 Å². The van der Waals surface area contributed by atoms with E-state index in [-0.39, 0.29) is 0 Å². The van der Waals surface area contributed by atoms with E-state index in [1.165, 1.54) is 0 Å². The van der Waals surface area contributed by atoms with Gasteiger partial charge >= 0.3 is 0 Å². The molecule has 0 spiro atoms. The molecule has 0 aliphatic rings. The van der Waals surface area contributed by atoms with Gasteiger partial charge in [0.05, 0.1) is 7.11 Å². The molecule has 12 heavy (non-hydrogen) atoms. The molecule has 1 aromatic carbocycles. The summed E-state index contributed by atoms with van der Waals surface area (Å²) >= 11 is 5.66. The highest BCUT2D eigenvalue weighted by molar-refractivity contribution is 6.23. The van der Waals surface area contributed by atoms with Gasteiger partial charge in [0.2, 0.25) is 0 Å². The minimum atomic E-state index is 0.431. The first-order valence-electron chi connectivity index (χ1n) is 3.66. The molecule has 1 aromatic rings. The summed E-state index contributed by atoms with van der Waals surface area (Å²) < 4.78 is 5.15. The average molecular weight is 183 g/mol. The fourth-order valence-electron chi connectivity index (χ4n) is 1.01. The SMILES string of the molecule is C=C(CCl)c1ccccc1OC. The summed E-state index contributed by atoms with van der Waals surface area (Å²) in [6.07, 6.45) is 0. The van der Waals surface area contributed by atoms with Gasteiger partial charge in [-0.2, -0.15) is 0 Å². The Morgan fingerprint density at radius 2 is 2.17 bits per heavy atom. The third kappa shape index (κ3) is 1.80. The summed E-state index contributed by atoms with van der Waals surface area (Å²) in [6.45, 7) is 3.84. The summed E-state index contributed by atoms with van der Waals surface area (Å²) in [7, 11) is 1.64. The predicted molar refractivity (Wildman–Crippen MR) is 52.7 cm³/mol. The van der Waals surface area contributed by atoms with Crippen molar-refractivity contribution in [2.24, 2.45) is 0 Å². The number of benzene rings is 1. The van der Waals surface area contributed by atoms with Crippen molar-refractivity contribution in [1.29, 1.82) is 0 Å². The Morgan fingerprint density at radius 3 is 2.75 bits per heavy atom. The van der Waals surface area contributed by atoms with Crippen molar-refractivity contribution >= 4 is 17.2 Å². The van der Waals surface area contributed by atoms with Gasteiger partial charge < -0.3 is 4.74 Å². The van der Waals surface area contributed by atoms with Crippen LogP contribution in [-0.4, -0.2) is 13.0 Å². The van der Waals surface area contributed by atoms with Crippen molar-refractivity contribution in [2.75, 3.05) is 13.0 Å². The molecule has 0 heterocycles. The molecule has 0 fully saturated rings. The lowest BCUT2D eigenvalue weighted by molar-refractivity contribution is 0.413. The van der Waals surface area contributed by atoms with Crippen molar-refractivity contribution in [3.05, 3.63) is 36.4 Å². The average Bonchev–Trinajstić information content (AvgIpc) is 2.16. The minimum absolute atomic E-state index is 0.431. The van der Waals surface area contributed by atoms with Crippen LogP contribution in [0.3, 0.4) is 0 Å². The third-order valence-electron chi connectivity index (χ3n) is 1.65. The number of para-hydroxylation sites is 1. The van der Waals surface area contributed by atoms with E-state index in [0.717, 1.165) is 16.9 Å².